The number of nitrogens with zero attached hydrogens (tertiary/aromatic N) is 1. The zero-order valence-corrected chi connectivity index (χ0v) is 10.4. The Hall–Kier alpha value is -0.310. The van der Waals surface area contributed by atoms with Crippen LogP contribution in [0.1, 0.15) is 19.0 Å². The van der Waals surface area contributed by atoms with Crippen molar-refractivity contribution in [1.82, 2.24) is 10.3 Å². The molecule has 0 spiro atoms. The second kappa shape index (κ2) is 6.31. The summed E-state index contributed by atoms with van der Waals surface area (Å²) < 4.78 is 0. The van der Waals surface area contributed by atoms with Gasteiger partial charge in [-0.3, -0.25) is 4.98 Å². The topological polar surface area (TPSA) is 24.9 Å². The molecule has 84 valence electrons. The molecular formula is C11H16Cl2N2. The van der Waals surface area contributed by atoms with Gasteiger partial charge in [0.05, 0.1) is 5.69 Å². The Morgan fingerprint density at radius 2 is 2.07 bits per heavy atom. The van der Waals surface area contributed by atoms with Gasteiger partial charge in [-0.05, 0) is 18.6 Å². The van der Waals surface area contributed by atoms with Crippen molar-refractivity contribution in [3.05, 3.63) is 30.1 Å². The Morgan fingerprint density at radius 1 is 1.33 bits per heavy atom. The normalized spacial score (nSPS) is 11.7. The van der Waals surface area contributed by atoms with Crippen molar-refractivity contribution in [2.75, 3.05) is 11.8 Å². The van der Waals surface area contributed by atoms with Crippen LogP contribution >= 0.6 is 23.2 Å². The first-order chi connectivity index (χ1) is 7.26. The van der Waals surface area contributed by atoms with Crippen LogP contribution in [-0.4, -0.2) is 22.3 Å². The van der Waals surface area contributed by atoms with Crippen molar-refractivity contribution in [2.24, 2.45) is 0 Å². The predicted molar refractivity (Wildman–Crippen MR) is 65.5 cm³/mol. The number of halogens is 2. The summed E-state index contributed by atoms with van der Waals surface area (Å²) in [4.78, 5) is 4.24. The molecule has 1 aromatic heterocycles. The number of alkyl halides is 2. The summed E-state index contributed by atoms with van der Waals surface area (Å²) in [6, 6.07) is 5.86. The smallest absolute Gasteiger partial charge is 0.0541 e. The summed E-state index contributed by atoms with van der Waals surface area (Å²) in [6.07, 6.45) is 2.69. The van der Waals surface area contributed by atoms with Crippen LogP contribution in [0.4, 0.5) is 0 Å². The monoisotopic (exact) mass is 246 g/mol. The van der Waals surface area contributed by atoms with Crippen LogP contribution in [0.5, 0.6) is 0 Å². The fourth-order valence-electron chi connectivity index (χ4n) is 1.22. The van der Waals surface area contributed by atoms with Crippen LogP contribution in [-0.2, 0) is 6.54 Å². The molecule has 0 amide bonds. The van der Waals surface area contributed by atoms with E-state index in [-0.39, 0.29) is 5.54 Å². The zero-order chi connectivity index (χ0) is 11.1. The fourth-order valence-corrected chi connectivity index (χ4v) is 2.08. The highest BCUT2D eigenvalue weighted by Gasteiger charge is 2.25. The van der Waals surface area contributed by atoms with Crippen molar-refractivity contribution in [2.45, 2.75) is 25.4 Å². The van der Waals surface area contributed by atoms with Gasteiger partial charge in [0, 0.05) is 30.0 Å². The number of aromatic nitrogens is 1. The lowest BCUT2D eigenvalue weighted by molar-refractivity contribution is 0.382. The van der Waals surface area contributed by atoms with Gasteiger partial charge in [0.15, 0.2) is 0 Å². The Morgan fingerprint density at radius 3 is 2.53 bits per heavy atom. The molecule has 15 heavy (non-hydrogen) atoms. The van der Waals surface area contributed by atoms with Crippen molar-refractivity contribution < 1.29 is 0 Å². The Labute approximate surface area is 101 Å². The van der Waals surface area contributed by atoms with Gasteiger partial charge in [-0.2, -0.15) is 0 Å². The number of rotatable bonds is 6. The highest BCUT2D eigenvalue weighted by molar-refractivity contribution is 6.22. The van der Waals surface area contributed by atoms with E-state index >= 15 is 0 Å². The van der Waals surface area contributed by atoms with Gasteiger partial charge in [-0.25, -0.2) is 0 Å². The van der Waals surface area contributed by atoms with Crippen LogP contribution in [0.3, 0.4) is 0 Å². The van der Waals surface area contributed by atoms with E-state index in [0.717, 1.165) is 12.1 Å². The first-order valence-corrected chi connectivity index (χ1v) is 6.10. The average Bonchev–Trinajstić information content (AvgIpc) is 2.33. The maximum atomic E-state index is 5.92. The first-order valence-electron chi connectivity index (χ1n) is 5.03. The standard InChI is InChI=1S/C11H16Cl2N2/c1-2-11(8-12,9-13)15-7-10-5-3-4-6-14-10/h3-6,15H,2,7-9H2,1H3. The minimum absolute atomic E-state index is 0.180. The van der Waals surface area contributed by atoms with E-state index in [1.165, 1.54) is 0 Å². The largest absolute Gasteiger partial charge is 0.303 e. The molecule has 0 bridgehead atoms. The van der Waals surface area contributed by atoms with Gasteiger partial charge in [0.1, 0.15) is 0 Å². The molecular weight excluding hydrogens is 231 g/mol. The lowest BCUT2D eigenvalue weighted by atomic mass is 10.0. The molecule has 1 N–H and O–H groups in total. The molecule has 0 fully saturated rings. The molecule has 0 atom stereocenters. The summed E-state index contributed by atoms with van der Waals surface area (Å²) in [5.41, 5.74) is 0.825. The fraction of sp³-hybridized carbons (Fsp3) is 0.545. The lowest BCUT2D eigenvalue weighted by Crippen LogP contribution is -2.48. The highest BCUT2D eigenvalue weighted by Crippen LogP contribution is 2.15. The number of pyridine rings is 1. The highest BCUT2D eigenvalue weighted by atomic mass is 35.5. The van der Waals surface area contributed by atoms with Gasteiger partial charge >= 0.3 is 0 Å². The van der Waals surface area contributed by atoms with E-state index in [0.29, 0.717) is 18.3 Å². The van der Waals surface area contributed by atoms with Crippen LogP contribution < -0.4 is 5.32 Å². The van der Waals surface area contributed by atoms with E-state index in [9.17, 15) is 0 Å². The second-order valence-electron chi connectivity index (χ2n) is 3.58. The first kappa shape index (κ1) is 12.8. The Balaban J connectivity index is 2.54. The molecule has 0 aliphatic rings. The summed E-state index contributed by atoms with van der Waals surface area (Å²) in [7, 11) is 0. The van der Waals surface area contributed by atoms with E-state index < -0.39 is 0 Å². The third-order valence-corrected chi connectivity index (χ3v) is 3.58. The molecule has 2 nitrogen and oxygen atoms in total. The molecule has 0 aliphatic heterocycles. The number of nitrogens with one attached hydrogen (secondary N) is 1. The van der Waals surface area contributed by atoms with E-state index in [1.54, 1.807) is 6.20 Å². The lowest BCUT2D eigenvalue weighted by Gasteiger charge is -2.29. The summed E-state index contributed by atoms with van der Waals surface area (Å²) in [5.74, 6) is 1.03. The molecule has 0 radical (unpaired) electrons. The van der Waals surface area contributed by atoms with Crippen LogP contribution in [0.2, 0.25) is 0 Å². The van der Waals surface area contributed by atoms with Crippen molar-refractivity contribution >= 4 is 23.2 Å². The molecule has 1 rings (SSSR count). The Kier molecular flexibility index (Phi) is 5.37. The SMILES string of the molecule is CCC(CCl)(CCl)NCc1ccccn1. The summed E-state index contributed by atoms with van der Waals surface area (Å²) >= 11 is 11.8. The third kappa shape index (κ3) is 3.63. The molecule has 1 aromatic rings. The molecule has 4 heteroatoms. The minimum atomic E-state index is -0.180. The third-order valence-electron chi connectivity index (χ3n) is 2.56. The van der Waals surface area contributed by atoms with Gasteiger partial charge in [-0.1, -0.05) is 13.0 Å². The van der Waals surface area contributed by atoms with Crippen molar-refractivity contribution in [1.29, 1.82) is 0 Å². The number of hydrogen-bond donors (Lipinski definition) is 1. The maximum Gasteiger partial charge on any atom is 0.0541 e. The van der Waals surface area contributed by atoms with E-state index in [2.05, 4.69) is 17.2 Å². The molecule has 0 unspecified atom stereocenters. The van der Waals surface area contributed by atoms with E-state index in [1.807, 2.05) is 18.2 Å². The Bertz CT molecular complexity index is 265. The van der Waals surface area contributed by atoms with Crippen molar-refractivity contribution in [3.63, 3.8) is 0 Å². The van der Waals surface area contributed by atoms with Gasteiger partial charge < -0.3 is 5.32 Å². The van der Waals surface area contributed by atoms with Gasteiger partial charge in [0.25, 0.3) is 0 Å². The number of hydrogen-bond acceptors (Lipinski definition) is 2. The second-order valence-corrected chi connectivity index (χ2v) is 4.11. The molecule has 1 heterocycles. The van der Waals surface area contributed by atoms with Gasteiger partial charge in [-0.15, -0.1) is 23.2 Å². The van der Waals surface area contributed by atoms with Gasteiger partial charge in [0.2, 0.25) is 0 Å². The van der Waals surface area contributed by atoms with Crippen LogP contribution in [0.25, 0.3) is 0 Å². The minimum Gasteiger partial charge on any atom is -0.303 e. The van der Waals surface area contributed by atoms with Crippen LogP contribution in [0, 0.1) is 0 Å². The summed E-state index contributed by atoms with van der Waals surface area (Å²) in [5, 5.41) is 3.37. The van der Waals surface area contributed by atoms with E-state index in [4.69, 9.17) is 23.2 Å². The maximum absolute atomic E-state index is 5.92. The molecule has 0 aromatic carbocycles. The predicted octanol–water partition coefficient (Wildman–Crippen LogP) is 2.80. The zero-order valence-electron chi connectivity index (χ0n) is 8.84. The molecule has 0 aliphatic carbocycles. The molecule has 0 saturated carbocycles. The quantitative estimate of drug-likeness (QED) is 0.782. The summed E-state index contributed by atoms with van der Waals surface area (Å²) in [6.45, 7) is 2.78. The van der Waals surface area contributed by atoms with Crippen LogP contribution in [0.15, 0.2) is 24.4 Å². The average molecular weight is 247 g/mol. The molecule has 0 saturated heterocycles. The van der Waals surface area contributed by atoms with Crippen molar-refractivity contribution in [3.8, 4) is 0 Å².